The zero-order valence-electron chi connectivity index (χ0n) is 10.1. The van der Waals surface area contributed by atoms with E-state index in [9.17, 15) is 9.18 Å². The van der Waals surface area contributed by atoms with Crippen molar-refractivity contribution in [3.63, 3.8) is 0 Å². The predicted octanol–water partition coefficient (Wildman–Crippen LogP) is 2.65. The van der Waals surface area contributed by atoms with Gasteiger partial charge >= 0.3 is 0 Å². The molecule has 1 heterocycles. The molecule has 1 amide bonds. The molecule has 4 nitrogen and oxygen atoms in total. The molecule has 0 radical (unpaired) electrons. The van der Waals surface area contributed by atoms with Gasteiger partial charge in [0.1, 0.15) is 5.82 Å². The van der Waals surface area contributed by atoms with Gasteiger partial charge in [-0.1, -0.05) is 0 Å². The number of nitrogens with one attached hydrogen (secondary N) is 1. The molecule has 0 aliphatic rings. The van der Waals surface area contributed by atoms with Gasteiger partial charge in [-0.2, -0.15) is 5.26 Å². The summed E-state index contributed by atoms with van der Waals surface area (Å²) in [5.41, 5.74) is 1.37. The minimum Gasteiger partial charge on any atom is -0.319 e. The van der Waals surface area contributed by atoms with Gasteiger partial charge in [0.25, 0.3) is 5.91 Å². The van der Waals surface area contributed by atoms with Gasteiger partial charge in [-0.05, 0) is 37.3 Å². The Kier molecular flexibility index (Phi) is 3.53. The third kappa shape index (κ3) is 2.93. The van der Waals surface area contributed by atoms with Crippen LogP contribution in [0.5, 0.6) is 0 Å². The monoisotopic (exact) mass is 255 g/mol. The van der Waals surface area contributed by atoms with Gasteiger partial charge in [0.2, 0.25) is 0 Å². The summed E-state index contributed by atoms with van der Waals surface area (Å²) in [5.74, 6) is -1.09. The van der Waals surface area contributed by atoms with E-state index in [1.54, 1.807) is 12.1 Å². The number of amides is 1. The molecule has 19 heavy (non-hydrogen) atoms. The molecule has 0 saturated heterocycles. The van der Waals surface area contributed by atoms with E-state index in [1.807, 2.05) is 13.0 Å². The number of hydrogen-bond donors (Lipinski definition) is 1. The maximum atomic E-state index is 13.6. The summed E-state index contributed by atoms with van der Waals surface area (Å²) in [7, 11) is 0. The van der Waals surface area contributed by atoms with Gasteiger partial charge < -0.3 is 5.32 Å². The lowest BCUT2D eigenvalue weighted by Crippen LogP contribution is -2.13. The van der Waals surface area contributed by atoms with Crippen LogP contribution in [0.3, 0.4) is 0 Å². The molecule has 0 bridgehead atoms. The van der Waals surface area contributed by atoms with Crippen molar-refractivity contribution in [2.75, 3.05) is 5.32 Å². The van der Waals surface area contributed by atoms with E-state index >= 15 is 0 Å². The number of aromatic nitrogens is 1. The summed E-state index contributed by atoms with van der Waals surface area (Å²) in [6.07, 6.45) is 1.42. The molecule has 5 heteroatoms. The molecule has 0 fully saturated rings. The summed E-state index contributed by atoms with van der Waals surface area (Å²) < 4.78 is 13.6. The van der Waals surface area contributed by atoms with Crippen LogP contribution in [0, 0.1) is 24.1 Å². The van der Waals surface area contributed by atoms with Gasteiger partial charge in [-0.3, -0.25) is 9.78 Å². The quantitative estimate of drug-likeness (QED) is 0.897. The first-order chi connectivity index (χ1) is 9.10. The number of halogens is 1. The normalized spacial score (nSPS) is 9.74. The molecular weight excluding hydrogens is 245 g/mol. The lowest BCUT2D eigenvalue weighted by atomic mass is 10.2. The van der Waals surface area contributed by atoms with E-state index in [2.05, 4.69) is 10.3 Å². The van der Waals surface area contributed by atoms with Crippen LogP contribution in [0.15, 0.2) is 36.5 Å². The fraction of sp³-hybridized carbons (Fsp3) is 0.0714. The fourth-order valence-corrected chi connectivity index (χ4v) is 1.48. The number of aryl methyl sites for hydroxylation is 1. The van der Waals surface area contributed by atoms with Gasteiger partial charge in [0.05, 0.1) is 22.9 Å². The fourth-order valence-electron chi connectivity index (χ4n) is 1.48. The third-order valence-corrected chi connectivity index (χ3v) is 2.52. The van der Waals surface area contributed by atoms with Crippen LogP contribution in [0.1, 0.15) is 21.6 Å². The zero-order valence-corrected chi connectivity index (χ0v) is 10.1. The van der Waals surface area contributed by atoms with Crippen LogP contribution in [-0.2, 0) is 0 Å². The smallest absolute Gasteiger partial charge is 0.257 e. The minimum atomic E-state index is -0.646. The van der Waals surface area contributed by atoms with Crippen LogP contribution in [-0.4, -0.2) is 10.9 Å². The maximum absolute atomic E-state index is 13.6. The van der Waals surface area contributed by atoms with E-state index in [4.69, 9.17) is 5.26 Å². The number of nitriles is 1. The van der Waals surface area contributed by atoms with Crippen molar-refractivity contribution in [3.8, 4) is 6.07 Å². The molecular formula is C14H10FN3O. The number of pyridine rings is 1. The van der Waals surface area contributed by atoms with Gasteiger partial charge in [0, 0.05) is 11.9 Å². The number of hydrogen-bond acceptors (Lipinski definition) is 3. The SMILES string of the molecule is Cc1ccc(C(=O)Nc2ccc(C#N)cc2F)cn1. The Hall–Kier alpha value is -2.74. The van der Waals surface area contributed by atoms with Gasteiger partial charge in [-0.15, -0.1) is 0 Å². The second kappa shape index (κ2) is 5.27. The highest BCUT2D eigenvalue weighted by Gasteiger charge is 2.10. The Morgan fingerprint density at radius 1 is 1.37 bits per heavy atom. The number of rotatable bonds is 2. The van der Waals surface area contributed by atoms with E-state index in [-0.39, 0.29) is 11.3 Å². The van der Waals surface area contributed by atoms with Crippen molar-refractivity contribution in [3.05, 3.63) is 59.2 Å². The first kappa shape index (κ1) is 12.7. The van der Waals surface area contributed by atoms with Crippen LogP contribution in [0.25, 0.3) is 0 Å². The predicted molar refractivity (Wildman–Crippen MR) is 68.0 cm³/mol. The Bertz CT molecular complexity index is 659. The lowest BCUT2D eigenvalue weighted by molar-refractivity contribution is 0.102. The number of benzene rings is 1. The van der Waals surface area contributed by atoms with E-state index in [0.29, 0.717) is 5.56 Å². The Labute approximate surface area is 109 Å². The molecule has 0 atom stereocenters. The Balaban J connectivity index is 2.20. The van der Waals surface area contributed by atoms with Crippen molar-refractivity contribution in [2.24, 2.45) is 0 Å². The molecule has 0 aliphatic carbocycles. The zero-order chi connectivity index (χ0) is 13.8. The standard InChI is InChI=1S/C14H10FN3O/c1-9-2-4-11(8-17-9)14(19)18-13-5-3-10(7-16)6-12(13)15/h2-6,8H,1H3,(H,18,19). The number of nitrogens with zero attached hydrogens (tertiary/aromatic N) is 2. The third-order valence-electron chi connectivity index (χ3n) is 2.52. The van der Waals surface area contributed by atoms with E-state index in [1.165, 1.54) is 18.3 Å². The van der Waals surface area contributed by atoms with Gasteiger partial charge in [0.15, 0.2) is 0 Å². The summed E-state index contributed by atoms with van der Waals surface area (Å²) in [6.45, 7) is 1.81. The second-order valence-corrected chi connectivity index (χ2v) is 3.95. The molecule has 1 aromatic carbocycles. The average molecular weight is 255 g/mol. The minimum absolute atomic E-state index is 0.0320. The Morgan fingerprint density at radius 3 is 2.74 bits per heavy atom. The van der Waals surface area contributed by atoms with Crippen LogP contribution in [0.2, 0.25) is 0 Å². The molecule has 1 aromatic heterocycles. The average Bonchev–Trinajstić information content (AvgIpc) is 2.41. The van der Waals surface area contributed by atoms with Crippen LogP contribution >= 0.6 is 0 Å². The van der Waals surface area contributed by atoms with Gasteiger partial charge in [-0.25, -0.2) is 4.39 Å². The van der Waals surface area contributed by atoms with Crippen LogP contribution in [0.4, 0.5) is 10.1 Å². The molecule has 94 valence electrons. The van der Waals surface area contributed by atoms with Crippen molar-refractivity contribution in [1.82, 2.24) is 4.98 Å². The summed E-state index contributed by atoms with van der Waals surface area (Å²) in [6, 6.07) is 9.00. The molecule has 0 saturated carbocycles. The number of carbonyl (C=O) groups is 1. The molecule has 2 rings (SSSR count). The summed E-state index contributed by atoms with van der Waals surface area (Å²) >= 11 is 0. The molecule has 0 unspecified atom stereocenters. The number of carbonyl (C=O) groups excluding carboxylic acids is 1. The maximum Gasteiger partial charge on any atom is 0.257 e. The first-order valence-electron chi connectivity index (χ1n) is 5.54. The van der Waals surface area contributed by atoms with Crippen molar-refractivity contribution in [1.29, 1.82) is 5.26 Å². The number of anilines is 1. The molecule has 0 aliphatic heterocycles. The topological polar surface area (TPSA) is 65.8 Å². The highest BCUT2D eigenvalue weighted by atomic mass is 19.1. The lowest BCUT2D eigenvalue weighted by Gasteiger charge is -2.06. The van der Waals surface area contributed by atoms with Crippen molar-refractivity contribution >= 4 is 11.6 Å². The summed E-state index contributed by atoms with van der Waals surface area (Å²) in [5, 5.41) is 11.1. The van der Waals surface area contributed by atoms with Crippen molar-refractivity contribution < 1.29 is 9.18 Å². The molecule has 1 N–H and O–H groups in total. The highest BCUT2D eigenvalue weighted by Crippen LogP contribution is 2.16. The molecule has 2 aromatic rings. The highest BCUT2D eigenvalue weighted by molar-refractivity contribution is 6.04. The second-order valence-electron chi connectivity index (χ2n) is 3.95. The van der Waals surface area contributed by atoms with E-state index < -0.39 is 11.7 Å². The first-order valence-corrected chi connectivity index (χ1v) is 5.54. The Morgan fingerprint density at radius 2 is 2.16 bits per heavy atom. The van der Waals surface area contributed by atoms with Crippen molar-refractivity contribution in [2.45, 2.75) is 6.92 Å². The largest absolute Gasteiger partial charge is 0.319 e. The molecule has 0 spiro atoms. The van der Waals surface area contributed by atoms with E-state index in [0.717, 1.165) is 11.8 Å². The van der Waals surface area contributed by atoms with Crippen LogP contribution < -0.4 is 5.32 Å². The summed E-state index contributed by atoms with van der Waals surface area (Å²) in [4.78, 5) is 15.8.